The van der Waals surface area contributed by atoms with Crippen molar-refractivity contribution in [3.8, 4) is 0 Å². The lowest BCUT2D eigenvalue weighted by Gasteiger charge is -2.21. The van der Waals surface area contributed by atoms with Crippen LogP contribution in [0.1, 0.15) is 323 Å². The standard InChI is InChI=1S/C83H142O17P2/c1-5-9-13-17-21-25-29-32-35-38-41-44-48-51-55-59-63-67-80(85)93-73-78(99-82(87)69-65-61-57-53-47-28-24-20-16-12-8-4)75-97-101(89,90)95-71-77(84)72-96-102(91,92)98-76-79(100-83(88)70-66-62-58-54-50-46-43-40-37-34-31-27-23-19-15-11-7-3)74-94-81(86)68-64-60-56-52-49-45-42-39-36-33-30-26-22-18-14-10-6-2/h9-11,13-15,21-23,25-27,32-37,42,45,77-79,84H,5-8,12,16-20,24,28-31,38-41,43-44,46-76H2,1-4H3,(H,89,90)(H,91,92)/b13-9-,14-10-,15-11-,25-21-,26-22-,27-23-,35-32-,36-33-,37-34-,45-42-. The quantitative estimate of drug-likeness (QED) is 0.0169. The number of carbonyl (C=O) groups is 4. The van der Waals surface area contributed by atoms with Crippen LogP contribution in [0.5, 0.6) is 0 Å². The Morgan fingerprint density at radius 1 is 0.284 bits per heavy atom. The molecule has 0 aliphatic heterocycles. The second-order valence-corrected chi connectivity index (χ2v) is 29.1. The lowest BCUT2D eigenvalue weighted by molar-refractivity contribution is -0.161. The Morgan fingerprint density at radius 2 is 0.510 bits per heavy atom. The van der Waals surface area contributed by atoms with Gasteiger partial charge in [-0.05, 0) is 128 Å². The summed E-state index contributed by atoms with van der Waals surface area (Å²) in [5.74, 6) is -2.21. The lowest BCUT2D eigenvalue weighted by Crippen LogP contribution is -2.30. The van der Waals surface area contributed by atoms with Gasteiger partial charge in [0.05, 0.1) is 26.4 Å². The molecule has 586 valence electrons. The van der Waals surface area contributed by atoms with Gasteiger partial charge in [-0.1, -0.05) is 290 Å². The van der Waals surface area contributed by atoms with Crippen LogP contribution in [0.15, 0.2) is 122 Å². The molecule has 102 heavy (non-hydrogen) atoms. The molecule has 19 heteroatoms. The molecule has 0 aromatic heterocycles. The topological polar surface area (TPSA) is 237 Å². The van der Waals surface area contributed by atoms with Gasteiger partial charge >= 0.3 is 39.5 Å². The van der Waals surface area contributed by atoms with E-state index in [1.165, 1.54) is 38.5 Å². The third kappa shape index (κ3) is 73.8. The zero-order chi connectivity index (χ0) is 74.6. The Morgan fingerprint density at radius 3 is 0.784 bits per heavy atom. The maximum Gasteiger partial charge on any atom is 0.472 e. The van der Waals surface area contributed by atoms with Crippen LogP contribution >= 0.6 is 15.6 Å². The van der Waals surface area contributed by atoms with Crippen LogP contribution in [0.2, 0.25) is 0 Å². The summed E-state index contributed by atoms with van der Waals surface area (Å²) < 4.78 is 68.6. The number of phosphoric ester groups is 2. The van der Waals surface area contributed by atoms with Crippen molar-refractivity contribution in [2.75, 3.05) is 39.6 Å². The van der Waals surface area contributed by atoms with Gasteiger partial charge in [0.15, 0.2) is 12.2 Å². The summed E-state index contributed by atoms with van der Waals surface area (Å²) in [7, 11) is -9.96. The first kappa shape index (κ1) is 97.5. The summed E-state index contributed by atoms with van der Waals surface area (Å²) in [6, 6.07) is 0. The minimum absolute atomic E-state index is 0.0763. The number of esters is 4. The van der Waals surface area contributed by atoms with Crippen LogP contribution < -0.4 is 0 Å². The molecule has 0 saturated carbocycles. The smallest absolute Gasteiger partial charge is 0.462 e. The third-order valence-electron chi connectivity index (χ3n) is 16.4. The number of hydrogen-bond donors (Lipinski definition) is 3. The third-order valence-corrected chi connectivity index (χ3v) is 18.3. The van der Waals surface area contributed by atoms with Crippen molar-refractivity contribution in [3.63, 3.8) is 0 Å². The Hall–Kier alpha value is -4.54. The number of aliphatic hydroxyl groups is 1. The van der Waals surface area contributed by atoms with Crippen LogP contribution in [-0.4, -0.2) is 96.7 Å². The van der Waals surface area contributed by atoms with Gasteiger partial charge in [0.1, 0.15) is 19.3 Å². The van der Waals surface area contributed by atoms with E-state index in [1.54, 1.807) is 0 Å². The number of rotatable bonds is 74. The van der Waals surface area contributed by atoms with Gasteiger partial charge in [-0.3, -0.25) is 37.3 Å². The van der Waals surface area contributed by atoms with Crippen molar-refractivity contribution in [2.24, 2.45) is 0 Å². The first-order valence-corrected chi connectivity index (χ1v) is 42.8. The van der Waals surface area contributed by atoms with E-state index in [-0.39, 0.29) is 25.7 Å². The Kier molecular flexibility index (Phi) is 71.4. The normalized spacial score (nSPS) is 14.5. The minimum Gasteiger partial charge on any atom is -0.462 e. The SMILES string of the molecule is CC/C=C\C/C=C\C/C=C\C/C=C\CCCCCCC(=O)OCC(COP(=O)(O)OCC(O)COP(=O)(O)OCC(COC(=O)CCCCCCCCC/C=C\C/C=C\C/C=C\CC)OC(=O)CCCCCCCCCCCCC)OC(=O)CCCCCCCCC/C=C\C/C=C\C/C=C\CC. The summed E-state index contributed by atoms with van der Waals surface area (Å²) in [5.41, 5.74) is 0. The number of carbonyl (C=O) groups excluding carboxylic acids is 4. The van der Waals surface area contributed by atoms with Gasteiger partial charge in [-0.2, -0.15) is 0 Å². The molecule has 17 nitrogen and oxygen atoms in total. The van der Waals surface area contributed by atoms with Crippen molar-refractivity contribution in [1.82, 2.24) is 0 Å². The lowest BCUT2D eigenvalue weighted by atomic mass is 10.1. The summed E-state index contributed by atoms with van der Waals surface area (Å²) in [5, 5.41) is 10.6. The Bertz CT molecular complexity index is 2410. The number of ether oxygens (including phenoxy) is 4. The van der Waals surface area contributed by atoms with Crippen LogP contribution in [0, 0.1) is 0 Å². The van der Waals surface area contributed by atoms with Gasteiger partial charge in [0.2, 0.25) is 0 Å². The highest BCUT2D eigenvalue weighted by molar-refractivity contribution is 7.47. The monoisotopic (exact) mass is 1470 g/mol. The van der Waals surface area contributed by atoms with E-state index in [1.807, 2.05) is 0 Å². The number of aliphatic hydroxyl groups excluding tert-OH is 1. The fourth-order valence-electron chi connectivity index (χ4n) is 10.5. The molecule has 3 N–H and O–H groups in total. The fraction of sp³-hybridized carbons (Fsp3) is 0.711. The summed E-state index contributed by atoms with van der Waals surface area (Å²) in [6.07, 6.45) is 81.7. The Balaban J connectivity index is 5.36. The predicted molar refractivity (Wildman–Crippen MR) is 418 cm³/mol. The van der Waals surface area contributed by atoms with Gasteiger partial charge < -0.3 is 33.8 Å². The highest BCUT2D eigenvalue weighted by Gasteiger charge is 2.30. The highest BCUT2D eigenvalue weighted by Crippen LogP contribution is 2.45. The van der Waals surface area contributed by atoms with Crippen molar-refractivity contribution in [2.45, 2.75) is 341 Å². The zero-order valence-corrected chi connectivity index (χ0v) is 65.8. The molecule has 0 radical (unpaired) electrons. The average molecular weight is 1470 g/mol. The van der Waals surface area contributed by atoms with Crippen molar-refractivity contribution >= 4 is 39.5 Å². The molecule has 5 atom stereocenters. The molecule has 5 unspecified atom stereocenters. The fourth-order valence-corrected chi connectivity index (χ4v) is 12.1. The maximum absolute atomic E-state index is 13.1. The molecule has 0 heterocycles. The molecular formula is C83H142O17P2. The summed E-state index contributed by atoms with van der Waals surface area (Å²) >= 11 is 0. The molecule has 0 rings (SSSR count). The van der Waals surface area contributed by atoms with Crippen molar-refractivity contribution < 1.29 is 80.2 Å². The number of allylic oxidation sites excluding steroid dienone is 20. The molecule has 0 saturated heterocycles. The van der Waals surface area contributed by atoms with E-state index in [0.29, 0.717) is 25.7 Å². The molecular weight excluding hydrogens is 1330 g/mol. The molecule has 0 bridgehead atoms. The first-order chi connectivity index (χ1) is 49.7. The second-order valence-electron chi connectivity index (χ2n) is 26.2. The summed E-state index contributed by atoms with van der Waals surface area (Å²) in [4.78, 5) is 73.0. The molecule has 0 aliphatic carbocycles. The zero-order valence-electron chi connectivity index (χ0n) is 64.0. The molecule has 0 spiro atoms. The van der Waals surface area contributed by atoms with E-state index in [9.17, 15) is 43.2 Å². The largest absolute Gasteiger partial charge is 0.472 e. The van der Waals surface area contributed by atoms with Gasteiger partial charge in [-0.15, -0.1) is 0 Å². The minimum atomic E-state index is -4.99. The van der Waals surface area contributed by atoms with E-state index in [0.717, 1.165) is 205 Å². The van der Waals surface area contributed by atoms with E-state index >= 15 is 0 Å². The number of phosphoric acid groups is 2. The molecule has 0 fully saturated rings. The number of hydrogen-bond acceptors (Lipinski definition) is 15. The van der Waals surface area contributed by atoms with E-state index in [4.69, 9.17) is 37.0 Å². The number of unbranched alkanes of at least 4 members (excludes halogenated alkanes) is 28. The van der Waals surface area contributed by atoms with E-state index < -0.39 is 97.5 Å². The maximum atomic E-state index is 13.1. The van der Waals surface area contributed by atoms with Crippen LogP contribution in [0.25, 0.3) is 0 Å². The van der Waals surface area contributed by atoms with Crippen molar-refractivity contribution in [1.29, 1.82) is 0 Å². The molecule has 0 aromatic rings. The van der Waals surface area contributed by atoms with Gasteiger partial charge in [0, 0.05) is 25.7 Å². The van der Waals surface area contributed by atoms with Crippen LogP contribution in [0.3, 0.4) is 0 Å². The average Bonchev–Trinajstić information content (AvgIpc) is 0.994. The van der Waals surface area contributed by atoms with Crippen LogP contribution in [-0.2, 0) is 65.4 Å². The Labute approximate surface area is 619 Å². The summed E-state index contributed by atoms with van der Waals surface area (Å²) in [6.45, 7) is 4.51. The molecule has 0 aliphatic rings. The highest BCUT2D eigenvalue weighted by atomic mass is 31.2. The first-order valence-electron chi connectivity index (χ1n) is 39.8. The van der Waals surface area contributed by atoms with Crippen molar-refractivity contribution in [3.05, 3.63) is 122 Å². The van der Waals surface area contributed by atoms with Crippen LogP contribution in [0.4, 0.5) is 0 Å². The second kappa shape index (κ2) is 74.7. The molecule has 0 amide bonds. The predicted octanol–water partition coefficient (Wildman–Crippen LogP) is 23.1. The van der Waals surface area contributed by atoms with E-state index in [2.05, 4.69) is 149 Å². The van der Waals surface area contributed by atoms with Gasteiger partial charge in [-0.25, -0.2) is 9.13 Å². The molecule has 0 aromatic carbocycles. The van der Waals surface area contributed by atoms with Gasteiger partial charge in [0.25, 0.3) is 0 Å².